The highest BCUT2D eigenvalue weighted by atomic mass is 16.6. The van der Waals surface area contributed by atoms with Crippen molar-refractivity contribution in [2.24, 2.45) is 5.10 Å². The summed E-state index contributed by atoms with van der Waals surface area (Å²) in [6.45, 7) is 1.73. The molecule has 160 valence electrons. The lowest BCUT2D eigenvalue weighted by atomic mass is 10.3. The van der Waals surface area contributed by atoms with E-state index in [0.717, 1.165) is 0 Å². The highest BCUT2D eigenvalue weighted by Gasteiger charge is 2.18. The van der Waals surface area contributed by atoms with E-state index in [4.69, 9.17) is 5.41 Å². The number of hydrogen-bond acceptors (Lipinski definition) is 11. The van der Waals surface area contributed by atoms with E-state index in [1.54, 1.807) is 29.8 Å². The Morgan fingerprint density at radius 2 is 1.78 bits per heavy atom. The van der Waals surface area contributed by atoms with Gasteiger partial charge in [-0.05, 0) is 25.1 Å². The van der Waals surface area contributed by atoms with E-state index in [1.165, 1.54) is 6.07 Å². The van der Waals surface area contributed by atoms with Crippen molar-refractivity contribution in [3.63, 3.8) is 0 Å². The number of aromatic nitrogens is 4. The molecule has 0 atom stereocenters. The second-order valence-electron chi connectivity index (χ2n) is 6.51. The fourth-order valence-corrected chi connectivity index (χ4v) is 2.91. The van der Waals surface area contributed by atoms with Crippen molar-refractivity contribution in [1.82, 2.24) is 20.0 Å². The normalized spacial score (nSPS) is 11.3. The number of para-hydroxylation sites is 3. The third-order valence-corrected chi connectivity index (χ3v) is 4.43. The van der Waals surface area contributed by atoms with Crippen LogP contribution in [0.3, 0.4) is 0 Å². The number of benzene rings is 2. The van der Waals surface area contributed by atoms with Crippen molar-refractivity contribution < 1.29 is 4.92 Å². The first kappa shape index (κ1) is 20.3. The molecule has 13 nitrogen and oxygen atoms in total. The van der Waals surface area contributed by atoms with E-state index < -0.39 is 10.5 Å². The van der Waals surface area contributed by atoms with Gasteiger partial charge in [0.25, 0.3) is 5.69 Å². The van der Waals surface area contributed by atoms with Gasteiger partial charge in [0.2, 0.25) is 5.49 Å². The van der Waals surface area contributed by atoms with Crippen LogP contribution < -0.4 is 32.7 Å². The highest BCUT2D eigenvalue weighted by molar-refractivity contribution is 5.73. The first-order chi connectivity index (χ1) is 15.5. The minimum absolute atomic E-state index is 0.115. The van der Waals surface area contributed by atoms with Crippen molar-refractivity contribution in [2.75, 3.05) is 16.3 Å². The van der Waals surface area contributed by atoms with Crippen molar-refractivity contribution in [2.45, 2.75) is 6.92 Å². The van der Waals surface area contributed by atoms with Crippen molar-refractivity contribution >= 4 is 22.9 Å². The van der Waals surface area contributed by atoms with Gasteiger partial charge in [-0.3, -0.25) is 36.6 Å². The third kappa shape index (κ3) is 3.89. The predicted octanol–water partition coefficient (Wildman–Crippen LogP) is 0.961. The first-order valence-electron chi connectivity index (χ1n) is 9.25. The Bertz CT molecular complexity index is 1410. The van der Waals surface area contributed by atoms with Gasteiger partial charge in [-0.15, -0.1) is 10.2 Å². The molecule has 0 unspecified atom stereocenters. The van der Waals surface area contributed by atoms with Crippen molar-refractivity contribution in [3.8, 4) is 5.69 Å². The molecule has 0 saturated heterocycles. The maximum atomic E-state index is 11.8. The van der Waals surface area contributed by atoms with Crippen LogP contribution in [0, 0.1) is 22.4 Å². The van der Waals surface area contributed by atoms with Crippen LogP contribution in [0.15, 0.2) is 64.5 Å². The van der Waals surface area contributed by atoms with Crippen LogP contribution in [0.1, 0.15) is 5.69 Å². The van der Waals surface area contributed by atoms with E-state index in [9.17, 15) is 14.9 Å². The zero-order valence-electron chi connectivity index (χ0n) is 16.6. The molecule has 0 saturated carbocycles. The molecule has 2 aromatic carbocycles. The number of nitrogens with one attached hydrogen (secondary N) is 4. The SMILES string of the molecule is Cc1nn(-c2ccccc2)c(N/N=c2/c(=N)nnc2=O)c1NNc1ccccc1[N+](=O)[O-]. The lowest BCUT2D eigenvalue weighted by molar-refractivity contribution is -0.383. The summed E-state index contributed by atoms with van der Waals surface area (Å²) in [7, 11) is 0. The van der Waals surface area contributed by atoms with E-state index in [-0.39, 0.29) is 22.2 Å². The number of anilines is 3. The molecule has 0 fully saturated rings. The molecule has 13 heteroatoms. The fraction of sp³-hybridized carbons (Fsp3) is 0.0526. The third-order valence-electron chi connectivity index (χ3n) is 4.43. The van der Waals surface area contributed by atoms with Gasteiger partial charge in [0.05, 0.1) is 16.3 Å². The summed E-state index contributed by atoms with van der Waals surface area (Å²) in [5.41, 5.74) is 9.17. The van der Waals surface area contributed by atoms with Gasteiger partial charge in [-0.25, -0.2) is 4.68 Å². The lowest BCUT2D eigenvalue weighted by Gasteiger charge is -2.12. The summed E-state index contributed by atoms with van der Waals surface area (Å²) >= 11 is 0. The van der Waals surface area contributed by atoms with Gasteiger partial charge in [-0.1, -0.05) is 30.3 Å². The Morgan fingerprint density at radius 1 is 1.06 bits per heavy atom. The number of hydrazine groups is 1. The van der Waals surface area contributed by atoms with Crippen LogP contribution in [0.5, 0.6) is 0 Å². The maximum absolute atomic E-state index is 11.8. The van der Waals surface area contributed by atoms with Crippen LogP contribution in [0.2, 0.25) is 0 Å². The molecular weight excluding hydrogens is 416 g/mol. The minimum atomic E-state index is -0.738. The predicted molar refractivity (Wildman–Crippen MR) is 114 cm³/mol. The van der Waals surface area contributed by atoms with Gasteiger partial charge in [0, 0.05) is 6.07 Å². The molecule has 2 heterocycles. The van der Waals surface area contributed by atoms with E-state index in [2.05, 4.69) is 36.7 Å². The Kier molecular flexibility index (Phi) is 5.36. The summed E-state index contributed by atoms with van der Waals surface area (Å²) in [4.78, 5) is 22.6. The van der Waals surface area contributed by atoms with Crippen LogP contribution in [0.25, 0.3) is 5.69 Å². The molecule has 4 N–H and O–H groups in total. The average Bonchev–Trinajstić information content (AvgIpc) is 3.29. The van der Waals surface area contributed by atoms with Crippen LogP contribution in [-0.2, 0) is 0 Å². The number of rotatable bonds is 7. The van der Waals surface area contributed by atoms with Crippen molar-refractivity contribution in [3.05, 3.63) is 91.6 Å². The first-order valence-corrected chi connectivity index (χ1v) is 9.25. The van der Waals surface area contributed by atoms with Crippen LogP contribution in [-0.4, -0.2) is 24.9 Å². The van der Waals surface area contributed by atoms with Gasteiger partial charge >= 0.3 is 5.56 Å². The minimum Gasteiger partial charge on any atom is -0.295 e. The number of hydrogen-bond donors (Lipinski definition) is 4. The molecule has 0 spiro atoms. The van der Waals surface area contributed by atoms with E-state index in [0.29, 0.717) is 22.9 Å². The average molecular weight is 432 g/mol. The molecule has 0 bridgehead atoms. The monoisotopic (exact) mass is 432 g/mol. The smallest absolute Gasteiger partial charge is 0.295 e. The standard InChI is InChI=1S/C19H16N10O3/c1-11-15(22-21-13-9-5-6-10-14(13)29(31)32)18(25-23-16-17(20)24-26-19(16)30)28(27-11)12-7-3-2-4-8-12/h2-10,20-22,25H,1H3/b20-17?,23-16-. The van der Waals surface area contributed by atoms with Crippen molar-refractivity contribution in [1.29, 1.82) is 5.41 Å². The second-order valence-corrected chi connectivity index (χ2v) is 6.51. The molecule has 32 heavy (non-hydrogen) atoms. The van der Waals surface area contributed by atoms with Gasteiger partial charge in [-0.2, -0.15) is 10.2 Å². The Hall–Kier alpha value is -4.94. The fourth-order valence-electron chi connectivity index (χ4n) is 2.91. The van der Waals surface area contributed by atoms with E-state index >= 15 is 0 Å². The van der Waals surface area contributed by atoms with Gasteiger partial charge < -0.3 is 0 Å². The Labute approximate surface area is 179 Å². The topological polar surface area (TPSA) is 176 Å². The zero-order valence-corrected chi connectivity index (χ0v) is 16.6. The number of nitro benzene ring substituents is 1. The molecule has 4 rings (SSSR count). The van der Waals surface area contributed by atoms with Gasteiger partial charge in [0.15, 0.2) is 11.2 Å². The molecule has 0 aliphatic rings. The Balaban J connectivity index is 1.76. The summed E-state index contributed by atoms with van der Waals surface area (Å²) in [6, 6.07) is 15.3. The Morgan fingerprint density at radius 3 is 2.47 bits per heavy atom. The zero-order chi connectivity index (χ0) is 22.7. The largest absolute Gasteiger partial charge is 0.319 e. The summed E-state index contributed by atoms with van der Waals surface area (Å²) in [5.74, 6) is 0.319. The summed E-state index contributed by atoms with van der Waals surface area (Å²) in [6.07, 6.45) is 0. The number of nitro groups is 1. The molecule has 0 aliphatic carbocycles. The summed E-state index contributed by atoms with van der Waals surface area (Å²) in [5, 5.41) is 33.9. The number of aryl methyl sites for hydroxylation is 1. The second kappa shape index (κ2) is 8.43. The molecule has 0 amide bonds. The number of nitrogens with zero attached hydrogens (tertiary/aromatic N) is 6. The van der Waals surface area contributed by atoms with Gasteiger partial charge in [0.1, 0.15) is 11.4 Å². The highest BCUT2D eigenvalue weighted by Crippen LogP contribution is 2.30. The molecule has 4 aromatic rings. The molecular formula is C19H16N10O3. The lowest BCUT2D eigenvalue weighted by Crippen LogP contribution is -2.34. The molecule has 0 radical (unpaired) electrons. The quantitative estimate of drug-likeness (QED) is 0.245. The van der Waals surface area contributed by atoms with Crippen LogP contribution >= 0.6 is 0 Å². The van der Waals surface area contributed by atoms with Crippen LogP contribution in [0.4, 0.5) is 22.9 Å². The maximum Gasteiger partial charge on any atom is 0.319 e. The van der Waals surface area contributed by atoms with E-state index in [1.807, 2.05) is 30.3 Å². The summed E-state index contributed by atoms with van der Waals surface area (Å²) < 4.78 is 1.54. The molecule has 0 aliphatic heterocycles. The molecule has 2 aromatic heterocycles.